The largest absolute Gasteiger partial charge is 0.352 e. The highest BCUT2D eigenvalue weighted by Gasteiger charge is 2.32. The summed E-state index contributed by atoms with van der Waals surface area (Å²) in [4.78, 5) is 49.3. The SMILES string of the molecule is Cc1cc(C)c(CNC(=O)c2cc(-c3ccc(CNC(=O)C[C@@H]4N=C(c5ccc(Cl)cc5)c5c(sc(C)c5C)-n5c(C)nnc54)cc3)cc3c2cnn3C(C)C)c(=O)[nH]1. The minimum Gasteiger partial charge on any atom is -0.352 e. The van der Waals surface area contributed by atoms with Crippen LogP contribution in [-0.4, -0.2) is 47.1 Å². The number of rotatable bonds is 10. The number of aromatic nitrogens is 6. The van der Waals surface area contributed by atoms with Crippen LogP contribution in [0.25, 0.3) is 27.0 Å². The number of aromatic amines is 1. The molecule has 0 saturated carbocycles. The Bertz CT molecular complexity index is 2860. The first-order valence-electron chi connectivity index (χ1n) is 19.5. The van der Waals surface area contributed by atoms with Crippen molar-refractivity contribution in [2.45, 2.75) is 80.1 Å². The van der Waals surface area contributed by atoms with Crippen LogP contribution in [0.5, 0.6) is 0 Å². The number of carbonyl (C=O) groups is 2. The van der Waals surface area contributed by atoms with E-state index in [1.165, 1.54) is 4.88 Å². The van der Waals surface area contributed by atoms with Gasteiger partial charge in [0.2, 0.25) is 5.91 Å². The molecule has 14 heteroatoms. The maximum atomic E-state index is 13.8. The van der Waals surface area contributed by atoms with Crippen molar-refractivity contribution in [3.05, 3.63) is 149 Å². The average molecular weight is 826 g/mol. The van der Waals surface area contributed by atoms with Crippen molar-refractivity contribution in [2.75, 3.05) is 0 Å². The van der Waals surface area contributed by atoms with Gasteiger partial charge in [-0.25, -0.2) is 0 Å². The zero-order valence-electron chi connectivity index (χ0n) is 33.9. The Hall–Kier alpha value is -6.18. The van der Waals surface area contributed by atoms with E-state index in [1.54, 1.807) is 17.5 Å². The molecule has 0 fully saturated rings. The molecule has 59 heavy (non-hydrogen) atoms. The molecule has 1 aliphatic rings. The van der Waals surface area contributed by atoms with Gasteiger partial charge in [0.15, 0.2) is 5.82 Å². The van der Waals surface area contributed by atoms with Crippen LogP contribution >= 0.6 is 22.9 Å². The molecule has 3 aromatic carbocycles. The summed E-state index contributed by atoms with van der Waals surface area (Å²) in [6, 6.07) is 20.8. The van der Waals surface area contributed by atoms with Gasteiger partial charge in [-0.15, -0.1) is 21.5 Å². The highest BCUT2D eigenvalue weighted by molar-refractivity contribution is 7.15. The first-order valence-corrected chi connectivity index (χ1v) is 20.7. The number of halogens is 1. The lowest BCUT2D eigenvalue weighted by molar-refractivity contribution is -0.121. The van der Waals surface area contributed by atoms with Gasteiger partial charge in [0.25, 0.3) is 11.5 Å². The number of benzene rings is 3. The Labute approximate surface area is 350 Å². The van der Waals surface area contributed by atoms with Crippen LogP contribution in [-0.2, 0) is 17.9 Å². The van der Waals surface area contributed by atoms with E-state index in [0.717, 1.165) is 72.1 Å². The summed E-state index contributed by atoms with van der Waals surface area (Å²) in [5, 5.41) is 22.0. The molecule has 0 aliphatic carbocycles. The van der Waals surface area contributed by atoms with Crippen LogP contribution in [0.15, 0.2) is 82.7 Å². The fraction of sp³-hybridized carbons (Fsp3) is 0.267. The molecule has 4 aromatic heterocycles. The third-order valence-corrected chi connectivity index (χ3v) is 12.3. The second kappa shape index (κ2) is 15.9. The van der Waals surface area contributed by atoms with Crippen molar-refractivity contribution in [3.8, 4) is 16.1 Å². The van der Waals surface area contributed by atoms with Crippen molar-refractivity contribution in [1.29, 1.82) is 0 Å². The van der Waals surface area contributed by atoms with Crippen molar-refractivity contribution >= 4 is 51.4 Å². The number of hydrogen-bond donors (Lipinski definition) is 3. The number of carbonyl (C=O) groups excluding carboxylic acids is 2. The third kappa shape index (κ3) is 7.63. The van der Waals surface area contributed by atoms with Crippen molar-refractivity contribution in [2.24, 2.45) is 4.99 Å². The molecule has 2 amide bonds. The number of aliphatic imine (C=N–C) groups is 1. The van der Waals surface area contributed by atoms with Crippen molar-refractivity contribution in [3.63, 3.8) is 0 Å². The Morgan fingerprint density at radius 3 is 2.34 bits per heavy atom. The molecule has 7 aromatic rings. The lowest BCUT2D eigenvalue weighted by atomic mass is 9.98. The van der Waals surface area contributed by atoms with Gasteiger partial charge in [0.1, 0.15) is 16.9 Å². The number of nitrogens with one attached hydrogen (secondary N) is 3. The number of H-pyrrole nitrogens is 1. The number of amides is 2. The van der Waals surface area contributed by atoms with E-state index in [2.05, 4.69) is 44.8 Å². The lowest BCUT2D eigenvalue weighted by Crippen LogP contribution is -2.28. The molecule has 1 atom stereocenters. The summed E-state index contributed by atoms with van der Waals surface area (Å²) in [6.07, 6.45) is 1.79. The fourth-order valence-corrected chi connectivity index (χ4v) is 9.01. The summed E-state index contributed by atoms with van der Waals surface area (Å²) in [5.41, 5.74) is 9.67. The van der Waals surface area contributed by atoms with Crippen LogP contribution in [0.2, 0.25) is 5.02 Å². The molecule has 0 saturated heterocycles. The van der Waals surface area contributed by atoms with Gasteiger partial charge in [0.05, 0.1) is 29.4 Å². The number of nitrogens with zero attached hydrogens (tertiary/aromatic N) is 6. The van der Waals surface area contributed by atoms with Crippen LogP contribution in [0.4, 0.5) is 0 Å². The van der Waals surface area contributed by atoms with E-state index in [9.17, 15) is 14.4 Å². The van der Waals surface area contributed by atoms with E-state index in [4.69, 9.17) is 16.6 Å². The molecule has 0 radical (unpaired) electrons. The Morgan fingerprint density at radius 1 is 0.898 bits per heavy atom. The normalized spacial score (nSPS) is 13.6. The molecule has 3 N–H and O–H groups in total. The van der Waals surface area contributed by atoms with E-state index in [-0.39, 0.29) is 36.4 Å². The summed E-state index contributed by atoms with van der Waals surface area (Å²) in [7, 11) is 0. The van der Waals surface area contributed by atoms with Gasteiger partial charge in [-0.2, -0.15) is 5.10 Å². The van der Waals surface area contributed by atoms with Crippen molar-refractivity contribution in [1.82, 2.24) is 40.2 Å². The molecular weight excluding hydrogens is 782 g/mol. The molecular formula is C45H44ClN9O3S. The van der Waals surface area contributed by atoms with Crippen molar-refractivity contribution < 1.29 is 9.59 Å². The average Bonchev–Trinajstić information content (AvgIpc) is 3.87. The molecule has 0 spiro atoms. The first kappa shape index (κ1) is 39.6. The highest BCUT2D eigenvalue weighted by atomic mass is 35.5. The quantitative estimate of drug-likeness (QED) is 0.126. The maximum absolute atomic E-state index is 13.8. The number of aryl methyl sites for hydroxylation is 4. The zero-order valence-corrected chi connectivity index (χ0v) is 35.5. The zero-order chi connectivity index (χ0) is 41.7. The van der Waals surface area contributed by atoms with Gasteiger partial charge >= 0.3 is 0 Å². The van der Waals surface area contributed by atoms with Gasteiger partial charge in [-0.05, 0) is 107 Å². The predicted molar refractivity (Wildman–Crippen MR) is 233 cm³/mol. The smallest absolute Gasteiger partial charge is 0.253 e. The standard InChI is InChI=1S/C45H44ClN9O3S/c1-23(2)55-38-18-32(17-34(36(38)22-49-55)43(57)48-21-35-24(3)16-25(4)50-44(35)58)30-10-8-29(9-11-30)20-47-39(56)19-37-42-53-52-28(7)54(42)45-40(26(5)27(6)59-45)41(51-37)31-12-14-33(46)15-13-31/h8-18,22-23,37H,19-21H2,1-7H3,(H,47,56)(H,48,57)(H,50,58)/t37-/m0/s1. The summed E-state index contributed by atoms with van der Waals surface area (Å²) in [5.74, 6) is 0.882. The molecule has 0 unspecified atom stereocenters. The maximum Gasteiger partial charge on any atom is 0.253 e. The summed E-state index contributed by atoms with van der Waals surface area (Å²) in [6.45, 7) is 14.3. The van der Waals surface area contributed by atoms with Crippen LogP contribution in [0, 0.1) is 34.6 Å². The summed E-state index contributed by atoms with van der Waals surface area (Å²) >= 11 is 7.94. The second-order valence-electron chi connectivity index (χ2n) is 15.3. The predicted octanol–water partition coefficient (Wildman–Crippen LogP) is 8.34. The van der Waals surface area contributed by atoms with Crippen LogP contribution < -0.4 is 16.2 Å². The number of pyridine rings is 1. The third-order valence-electron chi connectivity index (χ3n) is 10.9. The molecule has 8 rings (SSSR count). The Kier molecular flexibility index (Phi) is 10.7. The van der Waals surface area contributed by atoms with E-state index < -0.39 is 6.04 Å². The highest BCUT2D eigenvalue weighted by Crippen LogP contribution is 2.40. The van der Waals surface area contributed by atoms with Gasteiger partial charge in [-0.1, -0.05) is 48.0 Å². The fourth-order valence-electron chi connectivity index (χ4n) is 7.67. The minimum atomic E-state index is -0.578. The number of hydrogen-bond acceptors (Lipinski definition) is 8. The molecule has 1 aliphatic heterocycles. The lowest BCUT2D eigenvalue weighted by Gasteiger charge is -2.14. The van der Waals surface area contributed by atoms with Crippen LogP contribution in [0.1, 0.15) is 98.3 Å². The molecule has 12 nitrogen and oxygen atoms in total. The topological polar surface area (TPSA) is 152 Å². The monoisotopic (exact) mass is 825 g/mol. The summed E-state index contributed by atoms with van der Waals surface area (Å²) < 4.78 is 3.94. The minimum absolute atomic E-state index is 0.0627. The first-order chi connectivity index (χ1) is 28.3. The van der Waals surface area contributed by atoms with Crippen LogP contribution in [0.3, 0.4) is 0 Å². The number of thiophene rings is 1. The van der Waals surface area contributed by atoms with E-state index >= 15 is 0 Å². The molecule has 0 bridgehead atoms. The Balaban J connectivity index is 1.02. The van der Waals surface area contributed by atoms with E-state index in [0.29, 0.717) is 28.5 Å². The van der Waals surface area contributed by atoms with E-state index in [1.807, 2.05) is 111 Å². The second-order valence-corrected chi connectivity index (χ2v) is 17.0. The molecule has 300 valence electrons. The van der Waals surface area contributed by atoms with Gasteiger partial charge in [-0.3, -0.25) is 28.6 Å². The molecule has 5 heterocycles. The Morgan fingerprint density at radius 2 is 1.63 bits per heavy atom. The van der Waals surface area contributed by atoms with Gasteiger partial charge < -0.3 is 15.6 Å². The van der Waals surface area contributed by atoms with Gasteiger partial charge in [0, 0.05) is 56.8 Å². The number of fused-ring (bicyclic) bond motifs is 4.